The summed E-state index contributed by atoms with van der Waals surface area (Å²) in [6, 6.07) is 3.76. The van der Waals surface area contributed by atoms with Crippen molar-refractivity contribution >= 4 is 54.3 Å². The van der Waals surface area contributed by atoms with Crippen LogP contribution in [0.2, 0.25) is 0 Å². The van der Waals surface area contributed by atoms with Gasteiger partial charge in [0.1, 0.15) is 5.52 Å². The molecule has 5 nitrogen and oxygen atoms in total. The lowest BCUT2D eigenvalue weighted by molar-refractivity contribution is 0.244. The lowest BCUT2D eigenvalue weighted by Crippen LogP contribution is -2.43. The summed E-state index contributed by atoms with van der Waals surface area (Å²) in [5.74, 6) is 0. The van der Waals surface area contributed by atoms with Gasteiger partial charge in [-0.05, 0) is 39.8 Å². The van der Waals surface area contributed by atoms with Gasteiger partial charge in [-0.3, -0.25) is 5.32 Å². The third-order valence-corrected chi connectivity index (χ3v) is 4.66. The average molecular weight is 320 g/mol. The SMILES string of the molecule is Cc1nc2c(ccc3nc(NC(=O)NC(C)(C)C)sc32)s1. The van der Waals surface area contributed by atoms with Crippen molar-refractivity contribution in [3.8, 4) is 0 Å². The Kier molecular flexibility index (Phi) is 3.33. The predicted octanol–water partition coefficient (Wildman–Crippen LogP) is 4.13. The Morgan fingerprint density at radius 3 is 2.67 bits per heavy atom. The predicted molar refractivity (Wildman–Crippen MR) is 89.4 cm³/mol. The van der Waals surface area contributed by atoms with Crippen molar-refractivity contribution in [2.75, 3.05) is 5.32 Å². The van der Waals surface area contributed by atoms with E-state index < -0.39 is 0 Å². The molecule has 21 heavy (non-hydrogen) atoms. The van der Waals surface area contributed by atoms with Gasteiger partial charge in [0.25, 0.3) is 0 Å². The maximum Gasteiger partial charge on any atom is 0.321 e. The van der Waals surface area contributed by atoms with Crippen LogP contribution in [0.3, 0.4) is 0 Å². The summed E-state index contributed by atoms with van der Waals surface area (Å²) in [5.41, 5.74) is 1.56. The standard InChI is InChI=1S/C14H16N4OS2/c1-7-15-10-9(20-7)6-5-8-11(10)21-13(16-8)17-12(19)18-14(2,3)4/h5-6H,1-4H3,(H2,16,17,18,19). The molecule has 0 bridgehead atoms. The van der Waals surface area contributed by atoms with Crippen LogP contribution in [-0.4, -0.2) is 21.5 Å². The first kappa shape index (κ1) is 14.2. The highest BCUT2D eigenvalue weighted by Crippen LogP contribution is 2.34. The number of benzene rings is 1. The van der Waals surface area contributed by atoms with E-state index in [-0.39, 0.29) is 11.6 Å². The number of nitrogens with zero attached hydrogens (tertiary/aromatic N) is 2. The highest BCUT2D eigenvalue weighted by atomic mass is 32.1. The molecule has 2 heterocycles. The molecule has 1 aromatic carbocycles. The number of nitrogens with one attached hydrogen (secondary N) is 2. The van der Waals surface area contributed by atoms with Crippen LogP contribution in [0.5, 0.6) is 0 Å². The number of aryl methyl sites for hydroxylation is 1. The molecule has 0 saturated carbocycles. The number of rotatable bonds is 1. The third-order valence-electron chi connectivity index (χ3n) is 2.73. The molecule has 0 fully saturated rings. The summed E-state index contributed by atoms with van der Waals surface area (Å²) in [7, 11) is 0. The van der Waals surface area contributed by atoms with Crippen molar-refractivity contribution < 1.29 is 4.79 Å². The van der Waals surface area contributed by atoms with Crippen LogP contribution in [0.4, 0.5) is 9.93 Å². The van der Waals surface area contributed by atoms with Gasteiger partial charge in [-0.25, -0.2) is 14.8 Å². The number of hydrogen-bond acceptors (Lipinski definition) is 5. The van der Waals surface area contributed by atoms with Gasteiger partial charge in [0.05, 0.1) is 19.9 Å². The first-order valence-electron chi connectivity index (χ1n) is 6.58. The molecule has 7 heteroatoms. The maximum atomic E-state index is 11.9. The summed E-state index contributed by atoms with van der Waals surface area (Å²) in [5, 5.41) is 7.27. The monoisotopic (exact) mass is 320 g/mol. The van der Waals surface area contributed by atoms with Gasteiger partial charge in [0.2, 0.25) is 0 Å². The molecule has 110 valence electrons. The van der Waals surface area contributed by atoms with E-state index in [0.29, 0.717) is 5.13 Å². The number of hydrogen-bond donors (Lipinski definition) is 2. The van der Waals surface area contributed by atoms with Crippen molar-refractivity contribution in [1.29, 1.82) is 0 Å². The van der Waals surface area contributed by atoms with Crippen LogP contribution in [0.1, 0.15) is 25.8 Å². The van der Waals surface area contributed by atoms with Crippen LogP contribution in [-0.2, 0) is 0 Å². The fraction of sp³-hybridized carbons (Fsp3) is 0.357. The van der Waals surface area contributed by atoms with E-state index in [1.54, 1.807) is 11.3 Å². The van der Waals surface area contributed by atoms with Crippen LogP contribution >= 0.6 is 22.7 Å². The lowest BCUT2D eigenvalue weighted by atomic mass is 10.1. The maximum absolute atomic E-state index is 11.9. The Hall–Kier alpha value is -1.73. The summed E-state index contributed by atoms with van der Waals surface area (Å²) < 4.78 is 2.16. The van der Waals surface area contributed by atoms with Crippen LogP contribution in [0.25, 0.3) is 20.4 Å². The topological polar surface area (TPSA) is 66.9 Å². The van der Waals surface area contributed by atoms with Gasteiger partial charge < -0.3 is 5.32 Å². The minimum atomic E-state index is -0.278. The van der Waals surface area contributed by atoms with Gasteiger partial charge in [-0.1, -0.05) is 11.3 Å². The Labute approximate surface area is 130 Å². The molecule has 0 unspecified atom stereocenters. The van der Waals surface area contributed by atoms with Gasteiger partial charge in [0, 0.05) is 5.54 Å². The molecule has 0 saturated heterocycles. The Morgan fingerprint density at radius 2 is 1.95 bits per heavy atom. The quantitative estimate of drug-likeness (QED) is 0.708. The van der Waals surface area contributed by atoms with Gasteiger partial charge in [-0.2, -0.15) is 0 Å². The van der Waals surface area contributed by atoms with Crippen molar-refractivity contribution in [2.24, 2.45) is 0 Å². The molecule has 0 spiro atoms. The second-order valence-corrected chi connectivity index (χ2v) is 8.08. The summed E-state index contributed by atoms with van der Waals surface area (Å²) in [6.45, 7) is 7.80. The van der Waals surface area contributed by atoms with Crippen molar-refractivity contribution in [1.82, 2.24) is 15.3 Å². The minimum absolute atomic E-state index is 0.243. The first-order chi connectivity index (χ1) is 9.82. The van der Waals surface area contributed by atoms with E-state index in [4.69, 9.17) is 0 Å². The molecular formula is C14H16N4OS2. The van der Waals surface area contributed by atoms with Crippen LogP contribution < -0.4 is 10.6 Å². The van der Waals surface area contributed by atoms with Crippen LogP contribution in [0.15, 0.2) is 12.1 Å². The summed E-state index contributed by atoms with van der Waals surface area (Å²) in [6.07, 6.45) is 0. The number of carbonyl (C=O) groups excluding carboxylic acids is 1. The number of aromatic nitrogens is 2. The van der Waals surface area contributed by atoms with Gasteiger partial charge in [-0.15, -0.1) is 11.3 Å². The molecule has 0 atom stereocenters. The molecule has 0 aliphatic heterocycles. The molecule has 3 rings (SSSR count). The lowest BCUT2D eigenvalue weighted by Gasteiger charge is -2.19. The molecule has 0 aliphatic rings. The number of anilines is 1. The number of fused-ring (bicyclic) bond motifs is 3. The number of carbonyl (C=O) groups is 1. The van der Waals surface area contributed by atoms with Gasteiger partial charge in [0.15, 0.2) is 5.13 Å². The number of thiazole rings is 2. The highest BCUT2D eigenvalue weighted by Gasteiger charge is 2.16. The Morgan fingerprint density at radius 1 is 1.19 bits per heavy atom. The zero-order chi connectivity index (χ0) is 15.2. The Bertz CT molecular complexity index is 829. The molecule has 2 N–H and O–H groups in total. The zero-order valence-electron chi connectivity index (χ0n) is 12.3. The normalized spacial score (nSPS) is 12.0. The first-order valence-corrected chi connectivity index (χ1v) is 8.21. The average Bonchev–Trinajstić information content (AvgIpc) is 2.87. The van der Waals surface area contributed by atoms with E-state index in [2.05, 4.69) is 20.6 Å². The van der Waals surface area contributed by atoms with E-state index in [9.17, 15) is 4.79 Å². The minimum Gasteiger partial charge on any atom is -0.333 e. The van der Waals surface area contributed by atoms with Gasteiger partial charge >= 0.3 is 6.03 Å². The molecular weight excluding hydrogens is 304 g/mol. The second kappa shape index (κ2) is 4.92. The van der Waals surface area contributed by atoms with E-state index >= 15 is 0 Å². The van der Waals surface area contributed by atoms with E-state index in [1.165, 1.54) is 11.3 Å². The molecule has 0 aliphatic carbocycles. The molecule has 3 aromatic rings. The van der Waals surface area contributed by atoms with Crippen molar-refractivity contribution in [3.05, 3.63) is 17.1 Å². The fourth-order valence-electron chi connectivity index (χ4n) is 2.01. The third kappa shape index (κ3) is 2.98. The van der Waals surface area contributed by atoms with Crippen molar-refractivity contribution in [3.63, 3.8) is 0 Å². The summed E-state index contributed by atoms with van der Waals surface area (Å²) in [4.78, 5) is 20.9. The highest BCUT2D eigenvalue weighted by molar-refractivity contribution is 7.24. The fourth-order valence-corrected chi connectivity index (χ4v) is 3.86. The number of amides is 2. The van der Waals surface area contributed by atoms with Crippen LogP contribution in [0, 0.1) is 6.92 Å². The molecule has 2 amide bonds. The summed E-state index contributed by atoms with van der Waals surface area (Å²) >= 11 is 3.12. The Balaban J connectivity index is 1.94. The molecule has 2 aromatic heterocycles. The smallest absolute Gasteiger partial charge is 0.321 e. The number of urea groups is 1. The van der Waals surface area contributed by atoms with E-state index in [0.717, 1.165) is 25.4 Å². The van der Waals surface area contributed by atoms with Crippen molar-refractivity contribution in [2.45, 2.75) is 33.2 Å². The molecule has 0 radical (unpaired) electrons. The zero-order valence-corrected chi connectivity index (χ0v) is 13.9. The second-order valence-electron chi connectivity index (χ2n) is 5.84. The van der Waals surface area contributed by atoms with E-state index in [1.807, 2.05) is 39.8 Å². The largest absolute Gasteiger partial charge is 0.333 e.